The quantitative estimate of drug-likeness (QED) is 0.581. The Balaban J connectivity index is 1.76. The molecule has 0 radical (unpaired) electrons. The first kappa shape index (κ1) is 18.8. The number of aliphatic imine (C=N–C) groups is 1. The molecule has 0 fully saturated rings. The zero-order valence-electron chi connectivity index (χ0n) is 15.6. The van der Waals surface area contributed by atoms with Crippen LogP contribution in [-0.2, 0) is 17.8 Å². The molecule has 0 unspecified atom stereocenters. The number of nitrogens with zero attached hydrogens (tertiary/aromatic N) is 2. The van der Waals surface area contributed by atoms with Crippen molar-refractivity contribution in [1.82, 2.24) is 4.57 Å². The van der Waals surface area contributed by atoms with Gasteiger partial charge in [0.2, 0.25) is 5.91 Å². The number of hydrogen-bond acceptors (Lipinski definition) is 2. The highest BCUT2D eigenvalue weighted by Gasteiger charge is 2.21. The monoisotopic (exact) mass is 411 g/mol. The normalized spacial score (nSPS) is 12.9. The number of fused-ring (bicyclic) bond motifs is 3. The van der Waals surface area contributed by atoms with E-state index in [1.165, 1.54) is 0 Å². The molecule has 1 aromatic heterocycles. The van der Waals surface area contributed by atoms with E-state index in [2.05, 4.69) is 10.3 Å². The number of hydrogen-bond donors (Lipinski definition) is 1. The summed E-state index contributed by atoms with van der Waals surface area (Å²) in [5.41, 5.74) is 5.87. The minimum Gasteiger partial charge on any atom is -0.331 e. The first-order valence-corrected chi connectivity index (χ1v) is 9.76. The third-order valence-electron chi connectivity index (χ3n) is 5.17. The van der Waals surface area contributed by atoms with E-state index < -0.39 is 0 Å². The molecule has 6 heteroatoms. The summed E-state index contributed by atoms with van der Waals surface area (Å²) in [5.74, 6) is -0.0990. The lowest BCUT2D eigenvalue weighted by molar-refractivity contribution is -0.116. The van der Waals surface area contributed by atoms with Crippen molar-refractivity contribution in [1.29, 1.82) is 0 Å². The Morgan fingerprint density at radius 2 is 2.04 bits per heavy atom. The highest BCUT2D eigenvalue weighted by Crippen LogP contribution is 2.37. The van der Waals surface area contributed by atoms with Crippen LogP contribution in [0.1, 0.15) is 22.4 Å². The molecule has 0 bridgehead atoms. The van der Waals surface area contributed by atoms with E-state index in [4.69, 9.17) is 23.2 Å². The summed E-state index contributed by atoms with van der Waals surface area (Å²) in [6.45, 7) is 4.20. The van der Waals surface area contributed by atoms with Crippen LogP contribution in [0.5, 0.6) is 0 Å². The van der Waals surface area contributed by atoms with Crippen LogP contribution in [0.4, 0.5) is 5.69 Å². The van der Waals surface area contributed by atoms with E-state index in [0.29, 0.717) is 16.5 Å². The predicted octanol–water partition coefficient (Wildman–Crippen LogP) is 5.80. The fourth-order valence-electron chi connectivity index (χ4n) is 3.58. The van der Waals surface area contributed by atoms with Gasteiger partial charge in [-0.3, -0.25) is 9.79 Å². The maximum Gasteiger partial charge on any atom is 0.244 e. The molecule has 0 atom stereocenters. The summed E-state index contributed by atoms with van der Waals surface area (Å²) >= 11 is 12.8. The van der Waals surface area contributed by atoms with E-state index in [0.717, 1.165) is 39.0 Å². The Morgan fingerprint density at radius 1 is 1.21 bits per heavy atom. The molecule has 1 aliphatic rings. The molecule has 0 saturated carbocycles. The first-order valence-electron chi connectivity index (χ1n) is 9.00. The molecule has 4 nitrogen and oxygen atoms in total. The van der Waals surface area contributed by atoms with Crippen molar-refractivity contribution in [3.8, 4) is 0 Å². The van der Waals surface area contributed by atoms with Crippen LogP contribution in [-0.4, -0.2) is 16.7 Å². The van der Waals surface area contributed by atoms with Gasteiger partial charge < -0.3 is 9.88 Å². The van der Waals surface area contributed by atoms with Crippen molar-refractivity contribution in [3.63, 3.8) is 0 Å². The van der Waals surface area contributed by atoms with Gasteiger partial charge in [0.15, 0.2) is 0 Å². The second-order valence-corrected chi connectivity index (χ2v) is 7.64. The molecule has 1 amide bonds. The summed E-state index contributed by atoms with van der Waals surface area (Å²) in [6.07, 6.45) is 6.11. The number of amides is 1. The van der Waals surface area contributed by atoms with Crippen LogP contribution >= 0.6 is 23.2 Å². The lowest BCUT2D eigenvalue weighted by atomic mass is 10.1. The second-order valence-electron chi connectivity index (χ2n) is 6.85. The van der Waals surface area contributed by atoms with Gasteiger partial charge >= 0.3 is 0 Å². The molecule has 0 spiro atoms. The third kappa shape index (κ3) is 3.23. The molecule has 2 heterocycles. The molecule has 1 aliphatic heterocycles. The Bertz CT molecular complexity index is 1160. The maximum absolute atomic E-state index is 12.9. The van der Waals surface area contributed by atoms with Gasteiger partial charge in [-0.05, 0) is 54.8 Å². The molecule has 3 aromatic rings. The van der Waals surface area contributed by atoms with Gasteiger partial charge in [0.05, 0.1) is 15.6 Å². The highest BCUT2D eigenvalue weighted by atomic mass is 35.5. The van der Waals surface area contributed by atoms with Gasteiger partial charge in [-0.1, -0.05) is 35.3 Å². The van der Waals surface area contributed by atoms with Gasteiger partial charge in [0, 0.05) is 35.6 Å². The maximum atomic E-state index is 12.9. The average Bonchev–Trinajstić information content (AvgIpc) is 2.82. The van der Waals surface area contributed by atoms with Crippen LogP contribution in [0.15, 0.2) is 41.5 Å². The summed E-state index contributed by atoms with van der Waals surface area (Å²) in [5, 5.41) is 4.91. The lowest BCUT2D eigenvalue weighted by Gasteiger charge is -2.13. The summed E-state index contributed by atoms with van der Waals surface area (Å²) in [6, 6.07) is 9.56. The number of carbonyl (C=O) groups excluding carboxylic acids is 1. The van der Waals surface area contributed by atoms with Crippen LogP contribution < -0.4 is 5.32 Å². The van der Waals surface area contributed by atoms with Crippen molar-refractivity contribution in [3.05, 3.63) is 69.0 Å². The number of anilines is 1. The minimum absolute atomic E-state index is 0.0990. The van der Waals surface area contributed by atoms with Crippen molar-refractivity contribution >= 4 is 58.0 Å². The van der Waals surface area contributed by atoms with Crippen LogP contribution in [0.2, 0.25) is 10.0 Å². The number of rotatable bonds is 3. The standard InChI is InChI=1S/C22H19Cl2N3O/c1-13-4-3-5-17(14(13)2)26-20(28)12-27-18-9-11-25-10-8-15(18)21-19(27)7-6-16(23)22(21)24/h3-7,9-11H,8,12H2,1-2H3,(H,26,28). The van der Waals surface area contributed by atoms with Crippen LogP contribution in [0, 0.1) is 13.8 Å². The van der Waals surface area contributed by atoms with Crippen molar-refractivity contribution in [2.75, 3.05) is 5.32 Å². The summed E-state index contributed by atoms with van der Waals surface area (Å²) in [7, 11) is 0. The highest BCUT2D eigenvalue weighted by molar-refractivity contribution is 6.45. The van der Waals surface area contributed by atoms with E-state index in [1.54, 1.807) is 12.3 Å². The SMILES string of the molecule is Cc1cccc(NC(=O)Cn2c3c(c4c(Cl)c(Cl)ccc42)CC=NC=C3)c1C. The number of aromatic nitrogens is 1. The molecule has 0 saturated heterocycles. The molecule has 1 N–H and O–H groups in total. The molecule has 142 valence electrons. The topological polar surface area (TPSA) is 46.4 Å². The van der Waals surface area contributed by atoms with Gasteiger partial charge in [-0.2, -0.15) is 0 Å². The first-order chi connectivity index (χ1) is 13.5. The van der Waals surface area contributed by atoms with Crippen LogP contribution in [0.3, 0.4) is 0 Å². The van der Waals surface area contributed by atoms with Crippen molar-refractivity contribution < 1.29 is 4.79 Å². The smallest absolute Gasteiger partial charge is 0.244 e. The number of halogens is 2. The number of carbonyl (C=O) groups is 1. The largest absolute Gasteiger partial charge is 0.331 e. The fourth-order valence-corrected chi connectivity index (χ4v) is 4.01. The molecule has 4 rings (SSSR count). The number of benzene rings is 2. The third-order valence-corrected chi connectivity index (χ3v) is 5.97. The molecular formula is C22H19Cl2N3O. The lowest BCUT2D eigenvalue weighted by Crippen LogP contribution is -2.20. The molecule has 2 aromatic carbocycles. The fraction of sp³-hybridized carbons (Fsp3) is 0.182. The Hall–Kier alpha value is -2.56. The molecular weight excluding hydrogens is 393 g/mol. The predicted molar refractivity (Wildman–Crippen MR) is 118 cm³/mol. The van der Waals surface area contributed by atoms with E-state index >= 15 is 0 Å². The van der Waals surface area contributed by atoms with Crippen LogP contribution in [0.25, 0.3) is 17.0 Å². The summed E-state index contributed by atoms with van der Waals surface area (Å²) < 4.78 is 1.97. The summed E-state index contributed by atoms with van der Waals surface area (Å²) in [4.78, 5) is 17.1. The molecule has 28 heavy (non-hydrogen) atoms. The van der Waals surface area contributed by atoms with Gasteiger partial charge in [-0.15, -0.1) is 0 Å². The van der Waals surface area contributed by atoms with E-state index in [9.17, 15) is 4.79 Å². The average molecular weight is 412 g/mol. The second kappa shape index (κ2) is 7.46. The number of aryl methyl sites for hydroxylation is 1. The number of nitrogens with one attached hydrogen (secondary N) is 1. The Kier molecular flexibility index (Phi) is 5.00. The zero-order valence-corrected chi connectivity index (χ0v) is 17.1. The minimum atomic E-state index is -0.0990. The zero-order chi connectivity index (χ0) is 19.8. The van der Waals surface area contributed by atoms with Gasteiger partial charge in [-0.25, -0.2) is 0 Å². The van der Waals surface area contributed by atoms with E-state index in [1.807, 2.05) is 55.0 Å². The molecule has 0 aliphatic carbocycles. The van der Waals surface area contributed by atoms with E-state index in [-0.39, 0.29) is 12.5 Å². The van der Waals surface area contributed by atoms with Gasteiger partial charge in [0.1, 0.15) is 6.54 Å². The van der Waals surface area contributed by atoms with Gasteiger partial charge in [0.25, 0.3) is 0 Å². The Morgan fingerprint density at radius 3 is 2.86 bits per heavy atom. The Labute approximate surface area is 173 Å². The van der Waals surface area contributed by atoms with Crippen molar-refractivity contribution in [2.24, 2.45) is 4.99 Å². The van der Waals surface area contributed by atoms with Crippen molar-refractivity contribution in [2.45, 2.75) is 26.8 Å².